The van der Waals surface area contributed by atoms with Crippen LogP contribution >= 0.6 is 10.5 Å². The Bertz CT molecular complexity index is 801. The molecule has 0 aliphatic heterocycles. The second-order valence-corrected chi connectivity index (χ2v) is 7.99. The van der Waals surface area contributed by atoms with Crippen LogP contribution in [0.1, 0.15) is 19.5 Å². The van der Waals surface area contributed by atoms with Gasteiger partial charge in [0.25, 0.3) is 0 Å². The van der Waals surface area contributed by atoms with Crippen LogP contribution in [0.2, 0.25) is 0 Å². The molecule has 2 aromatic rings. The zero-order valence-corrected chi connectivity index (χ0v) is 14.3. The average Bonchev–Trinajstić information content (AvgIpc) is 2.54. The summed E-state index contributed by atoms with van der Waals surface area (Å²) in [5, 5.41) is 2.40. The first-order valence-electron chi connectivity index (χ1n) is 7.17. The van der Waals surface area contributed by atoms with Crippen molar-refractivity contribution in [3.63, 3.8) is 0 Å². The van der Waals surface area contributed by atoms with Gasteiger partial charge in [-0.05, 0) is 50.2 Å². The zero-order valence-electron chi connectivity index (χ0n) is 13.5. The summed E-state index contributed by atoms with van der Waals surface area (Å²) in [6, 6.07) is 8.87. The number of anilines is 1. The van der Waals surface area contributed by atoms with Crippen molar-refractivity contribution in [3.8, 4) is 0 Å². The highest BCUT2D eigenvalue weighted by Crippen LogP contribution is 2.39. The number of amides is 1. The first-order valence-corrected chi connectivity index (χ1v) is 8.56. The predicted molar refractivity (Wildman–Crippen MR) is 91.3 cm³/mol. The number of carbonyl (C=O) groups is 1. The molecule has 0 spiro atoms. The largest absolute Gasteiger partial charge is 0.433 e. The molecular formula is C17H16F4N2OS. The van der Waals surface area contributed by atoms with Crippen molar-refractivity contribution < 1.29 is 22.4 Å². The van der Waals surface area contributed by atoms with Crippen LogP contribution in [0.3, 0.4) is 0 Å². The number of benzene rings is 1. The maximum atomic E-state index is 13.0. The zero-order chi connectivity index (χ0) is 18.8. The molecule has 1 N–H and O–H groups in total. The molecule has 0 saturated heterocycles. The van der Waals surface area contributed by atoms with Gasteiger partial charge in [-0.3, -0.25) is 4.79 Å². The highest BCUT2D eigenvalue weighted by atomic mass is 32.2. The Morgan fingerprint density at radius 3 is 2.28 bits per heavy atom. The van der Waals surface area contributed by atoms with Gasteiger partial charge in [0, 0.05) is 4.90 Å². The minimum atomic E-state index is -4.60. The van der Waals surface area contributed by atoms with Gasteiger partial charge in [-0.2, -0.15) is 13.2 Å². The van der Waals surface area contributed by atoms with E-state index in [0.717, 1.165) is 6.07 Å². The van der Waals surface area contributed by atoms with Crippen LogP contribution < -0.4 is 5.32 Å². The Kier molecular flexibility index (Phi) is 5.31. The molecule has 2 rings (SSSR count). The van der Waals surface area contributed by atoms with Crippen molar-refractivity contribution in [2.24, 2.45) is 0 Å². The number of hydrogen-bond donors (Lipinski definition) is 1. The number of nitrogens with zero attached hydrogens (tertiary/aromatic N) is 1. The third-order valence-electron chi connectivity index (χ3n) is 3.54. The molecule has 1 unspecified atom stereocenters. The quantitative estimate of drug-likeness (QED) is 0.623. The maximum Gasteiger partial charge on any atom is 0.433 e. The molecule has 0 aliphatic carbocycles. The van der Waals surface area contributed by atoms with Crippen LogP contribution in [0, 0.1) is 5.82 Å². The third-order valence-corrected chi connectivity index (χ3v) is 5.80. The molecular weight excluding hydrogens is 356 g/mol. The van der Waals surface area contributed by atoms with Crippen molar-refractivity contribution in [1.82, 2.24) is 4.98 Å². The Hall–Kier alpha value is -2.22. The minimum absolute atomic E-state index is 0.191. The Labute approximate surface area is 145 Å². The summed E-state index contributed by atoms with van der Waals surface area (Å²) in [4.78, 5) is 16.6. The monoisotopic (exact) mass is 372 g/mol. The number of halogens is 4. The summed E-state index contributed by atoms with van der Waals surface area (Å²) in [7, 11) is -0.857. The Morgan fingerprint density at radius 1 is 1.12 bits per heavy atom. The molecule has 1 aromatic carbocycles. The average molecular weight is 372 g/mol. The fourth-order valence-corrected chi connectivity index (χ4v) is 3.26. The van der Waals surface area contributed by atoms with Gasteiger partial charge in [-0.25, -0.2) is 9.37 Å². The summed E-state index contributed by atoms with van der Waals surface area (Å²) in [6.45, 7) is 3.24. The maximum absolute atomic E-state index is 13.0. The van der Waals surface area contributed by atoms with Gasteiger partial charge in [0.2, 0.25) is 5.91 Å². The van der Waals surface area contributed by atoms with Crippen LogP contribution in [-0.2, 0) is 11.0 Å². The molecule has 0 aliphatic rings. The second kappa shape index (κ2) is 6.95. The first kappa shape index (κ1) is 19.1. The van der Waals surface area contributed by atoms with Crippen LogP contribution in [0.15, 0.2) is 47.4 Å². The summed E-state index contributed by atoms with van der Waals surface area (Å²) in [5.74, 6) is 2.85. The molecule has 0 fully saturated rings. The van der Waals surface area contributed by atoms with Crippen LogP contribution in [0.5, 0.6) is 0 Å². The summed E-state index contributed by atoms with van der Waals surface area (Å²) < 4.78 is 50.1. The molecule has 0 bridgehead atoms. The van der Waals surface area contributed by atoms with E-state index in [1.54, 1.807) is 13.8 Å². The fourth-order valence-electron chi connectivity index (χ4n) is 1.93. The van der Waals surface area contributed by atoms with Crippen LogP contribution in [0.4, 0.5) is 23.4 Å². The van der Waals surface area contributed by atoms with Gasteiger partial charge in [0.15, 0.2) is 0 Å². The lowest BCUT2D eigenvalue weighted by atomic mass is 10.2. The van der Waals surface area contributed by atoms with E-state index in [-0.39, 0.29) is 5.82 Å². The number of nitrogens with one attached hydrogen (secondary N) is 1. The number of carbonyl (C=O) groups excluding carboxylic acids is 1. The van der Waals surface area contributed by atoms with Crippen LogP contribution in [0.25, 0.3) is 0 Å². The van der Waals surface area contributed by atoms with Gasteiger partial charge in [0.05, 0.1) is 4.75 Å². The first-order chi connectivity index (χ1) is 11.5. The molecule has 1 atom stereocenters. The van der Waals surface area contributed by atoms with Gasteiger partial charge >= 0.3 is 6.18 Å². The van der Waals surface area contributed by atoms with Crippen molar-refractivity contribution in [3.05, 3.63) is 54.0 Å². The standard InChI is InChI=1S/C17H16F4N2OS/c1-16(2,25(3)12-9-7-11(18)8-10-12)15(24)23-14-6-4-5-13(22-14)17(19,20)21/h4-10H,3H2,1-2H3,(H,22,23,24). The number of aromatic nitrogens is 1. The lowest BCUT2D eigenvalue weighted by Crippen LogP contribution is -2.35. The van der Waals surface area contributed by atoms with Gasteiger partial charge in [0.1, 0.15) is 17.3 Å². The highest BCUT2D eigenvalue weighted by Gasteiger charge is 2.34. The minimum Gasteiger partial charge on any atom is -0.309 e. The van der Waals surface area contributed by atoms with Crippen molar-refractivity contribution in [1.29, 1.82) is 0 Å². The van der Waals surface area contributed by atoms with E-state index < -0.39 is 38.8 Å². The number of pyridine rings is 1. The van der Waals surface area contributed by atoms with E-state index in [9.17, 15) is 22.4 Å². The SMILES string of the molecule is C=S(c1ccc(F)cc1)C(C)(C)C(=O)Nc1cccc(C(F)(F)F)n1. The van der Waals surface area contributed by atoms with E-state index in [4.69, 9.17) is 0 Å². The van der Waals surface area contributed by atoms with Crippen LogP contribution in [-0.4, -0.2) is 21.5 Å². The van der Waals surface area contributed by atoms with E-state index in [2.05, 4.69) is 16.2 Å². The van der Waals surface area contributed by atoms with E-state index in [1.165, 1.54) is 36.4 Å². The molecule has 1 aromatic heterocycles. The summed E-state index contributed by atoms with van der Waals surface area (Å²) in [6.07, 6.45) is -4.60. The van der Waals surface area contributed by atoms with E-state index >= 15 is 0 Å². The lowest BCUT2D eigenvalue weighted by molar-refractivity contribution is -0.141. The molecule has 25 heavy (non-hydrogen) atoms. The predicted octanol–water partition coefficient (Wildman–Crippen LogP) is 4.72. The number of rotatable bonds is 4. The summed E-state index contributed by atoms with van der Waals surface area (Å²) >= 11 is 0. The number of hydrogen-bond acceptors (Lipinski definition) is 2. The Balaban J connectivity index is 2.21. The normalized spacial score (nSPS) is 13.4. The van der Waals surface area contributed by atoms with E-state index in [0.29, 0.717) is 4.90 Å². The molecule has 134 valence electrons. The smallest absolute Gasteiger partial charge is 0.309 e. The van der Waals surface area contributed by atoms with Crippen molar-refractivity contribution in [2.75, 3.05) is 5.32 Å². The van der Waals surface area contributed by atoms with E-state index in [1.807, 2.05) is 0 Å². The third kappa shape index (κ3) is 4.45. The number of alkyl halides is 3. The molecule has 3 nitrogen and oxygen atoms in total. The molecule has 8 heteroatoms. The fraction of sp³-hybridized carbons (Fsp3) is 0.235. The van der Waals surface area contributed by atoms with Gasteiger partial charge in [-0.15, -0.1) is 10.5 Å². The van der Waals surface area contributed by atoms with Gasteiger partial charge in [-0.1, -0.05) is 11.9 Å². The molecule has 1 amide bonds. The summed E-state index contributed by atoms with van der Waals surface area (Å²) in [5.41, 5.74) is -1.09. The Morgan fingerprint density at radius 2 is 1.72 bits per heavy atom. The topological polar surface area (TPSA) is 42.0 Å². The lowest BCUT2D eigenvalue weighted by Gasteiger charge is -2.27. The highest BCUT2D eigenvalue weighted by molar-refractivity contribution is 8.16. The molecule has 0 saturated carbocycles. The molecule has 0 radical (unpaired) electrons. The second-order valence-electron chi connectivity index (χ2n) is 5.71. The molecule has 1 heterocycles. The van der Waals surface area contributed by atoms with Crippen molar-refractivity contribution >= 4 is 28.1 Å². The van der Waals surface area contributed by atoms with Crippen molar-refractivity contribution in [2.45, 2.75) is 29.7 Å². The van der Waals surface area contributed by atoms with Gasteiger partial charge < -0.3 is 5.32 Å².